The van der Waals surface area contributed by atoms with Gasteiger partial charge < -0.3 is 20.1 Å². The zero-order chi connectivity index (χ0) is 19.5. The highest BCUT2D eigenvalue weighted by atomic mass is 16.5. The summed E-state index contributed by atoms with van der Waals surface area (Å²) in [5.74, 6) is -0.338. The van der Waals surface area contributed by atoms with Crippen molar-refractivity contribution in [1.29, 1.82) is 0 Å². The van der Waals surface area contributed by atoms with E-state index in [1.165, 1.54) is 38.5 Å². The fourth-order valence-corrected chi connectivity index (χ4v) is 2.68. The number of allylic oxidation sites excluding steroid dienone is 1. The van der Waals surface area contributed by atoms with E-state index >= 15 is 0 Å². The molecule has 2 atom stereocenters. The second-order valence-corrected chi connectivity index (χ2v) is 7.02. The topological polar surface area (TPSA) is 87.0 Å². The maximum atomic E-state index is 11.4. The van der Waals surface area contributed by atoms with Crippen LogP contribution < -0.4 is 0 Å². The van der Waals surface area contributed by atoms with E-state index in [1.54, 1.807) is 0 Å². The van der Waals surface area contributed by atoms with Gasteiger partial charge in [0, 0.05) is 6.42 Å². The minimum absolute atomic E-state index is 0.146. The highest BCUT2D eigenvalue weighted by molar-refractivity contribution is 5.69. The Hall–Kier alpha value is -0.910. The van der Waals surface area contributed by atoms with Gasteiger partial charge in [-0.2, -0.15) is 0 Å². The summed E-state index contributed by atoms with van der Waals surface area (Å²) in [4.78, 5) is 11.4. The zero-order valence-corrected chi connectivity index (χ0v) is 16.6. The molecule has 0 amide bonds. The third kappa shape index (κ3) is 17.9. The van der Waals surface area contributed by atoms with Gasteiger partial charge in [-0.1, -0.05) is 70.4 Å². The van der Waals surface area contributed by atoms with E-state index < -0.39 is 12.7 Å². The van der Waals surface area contributed by atoms with Gasteiger partial charge >= 0.3 is 5.97 Å². The summed E-state index contributed by atoms with van der Waals surface area (Å²) < 4.78 is 4.83. The van der Waals surface area contributed by atoms with Gasteiger partial charge in [-0.15, -0.1) is 0 Å². The number of carbonyl (C=O) groups excluding carboxylic acids is 1. The monoisotopic (exact) mass is 372 g/mol. The molecular weight excluding hydrogens is 332 g/mol. The van der Waals surface area contributed by atoms with Crippen molar-refractivity contribution >= 4 is 5.97 Å². The van der Waals surface area contributed by atoms with Crippen LogP contribution in [0.3, 0.4) is 0 Å². The molecule has 5 nitrogen and oxygen atoms in total. The molecule has 0 aliphatic rings. The van der Waals surface area contributed by atoms with E-state index in [1.807, 2.05) is 6.08 Å². The maximum absolute atomic E-state index is 11.4. The summed E-state index contributed by atoms with van der Waals surface area (Å²) in [7, 11) is 0. The van der Waals surface area contributed by atoms with Crippen LogP contribution in [0.15, 0.2) is 12.2 Å². The standard InChI is InChI=1S/C21H40O5/c1-2-3-4-5-6-7-8-11-14-19(23)15-12-9-10-13-16-21(25)26-18-20(24)17-22/h11,14,19-20,22-24H,2-10,12-13,15-18H2,1H3. The molecule has 0 saturated heterocycles. The van der Waals surface area contributed by atoms with Crippen molar-refractivity contribution < 1.29 is 24.9 Å². The van der Waals surface area contributed by atoms with Crippen molar-refractivity contribution in [3.63, 3.8) is 0 Å². The third-order valence-electron chi connectivity index (χ3n) is 4.36. The van der Waals surface area contributed by atoms with Crippen LogP contribution in [0, 0.1) is 0 Å². The predicted octanol–water partition coefficient (Wildman–Crippen LogP) is 3.89. The quantitative estimate of drug-likeness (QED) is 0.193. The van der Waals surface area contributed by atoms with Crippen LogP contribution >= 0.6 is 0 Å². The van der Waals surface area contributed by atoms with E-state index in [9.17, 15) is 9.90 Å². The minimum atomic E-state index is -0.991. The number of rotatable bonds is 18. The summed E-state index contributed by atoms with van der Waals surface area (Å²) in [5, 5.41) is 27.6. The number of aliphatic hydroxyl groups is 3. The molecule has 0 aliphatic carbocycles. The van der Waals surface area contributed by atoms with Gasteiger partial charge in [0.15, 0.2) is 0 Å². The van der Waals surface area contributed by atoms with E-state index in [4.69, 9.17) is 14.9 Å². The molecule has 0 bridgehead atoms. The molecule has 0 spiro atoms. The largest absolute Gasteiger partial charge is 0.463 e. The lowest BCUT2D eigenvalue weighted by Gasteiger charge is -2.08. The number of carbonyl (C=O) groups is 1. The lowest BCUT2D eigenvalue weighted by molar-refractivity contribution is -0.147. The van der Waals surface area contributed by atoms with Gasteiger partial charge in [0.2, 0.25) is 0 Å². The van der Waals surface area contributed by atoms with Gasteiger partial charge in [0.25, 0.3) is 0 Å². The van der Waals surface area contributed by atoms with Gasteiger partial charge in [0.1, 0.15) is 12.7 Å². The SMILES string of the molecule is CCCCCCCCC=CC(O)CCCCCCC(=O)OCC(O)CO. The third-order valence-corrected chi connectivity index (χ3v) is 4.36. The molecule has 0 rings (SSSR count). The Morgan fingerprint density at radius 2 is 1.62 bits per heavy atom. The first-order chi connectivity index (χ1) is 12.6. The zero-order valence-electron chi connectivity index (χ0n) is 16.6. The van der Waals surface area contributed by atoms with Crippen molar-refractivity contribution in [1.82, 2.24) is 0 Å². The summed E-state index contributed by atoms with van der Waals surface area (Å²) in [5.41, 5.74) is 0. The molecule has 3 N–H and O–H groups in total. The first-order valence-electron chi connectivity index (χ1n) is 10.4. The van der Waals surface area contributed by atoms with E-state index in [0.29, 0.717) is 6.42 Å². The molecule has 0 aromatic rings. The van der Waals surface area contributed by atoms with Crippen LogP contribution in [-0.4, -0.2) is 46.7 Å². The molecule has 154 valence electrons. The number of ether oxygens (including phenoxy) is 1. The van der Waals surface area contributed by atoms with Crippen LogP contribution in [0.25, 0.3) is 0 Å². The number of hydrogen-bond acceptors (Lipinski definition) is 5. The number of hydrogen-bond donors (Lipinski definition) is 3. The van der Waals surface area contributed by atoms with E-state index in [0.717, 1.165) is 38.5 Å². The molecule has 26 heavy (non-hydrogen) atoms. The highest BCUT2D eigenvalue weighted by Gasteiger charge is 2.07. The molecule has 0 heterocycles. The van der Waals surface area contributed by atoms with Gasteiger partial charge in [-0.3, -0.25) is 4.79 Å². The first kappa shape index (κ1) is 25.1. The van der Waals surface area contributed by atoms with Crippen LogP contribution in [0.4, 0.5) is 0 Å². The van der Waals surface area contributed by atoms with Crippen molar-refractivity contribution in [2.45, 2.75) is 103 Å². The number of unbranched alkanes of at least 4 members (excludes halogenated alkanes) is 9. The van der Waals surface area contributed by atoms with Crippen molar-refractivity contribution in [3.8, 4) is 0 Å². The van der Waals surface area contributed by atoms with E-state index in [2.05, 4.69) is 13.0 Å². The molecule has 0 aliphatic heterocycles. The molecule has 0 aromatic carbocycles. The van der Waals surface area contributed by atoms with E-state index in [-0.39, 0.29) is 18.7 Å². The fraction of sp³-hybridized carbons (Fsp3) is 0.857. The molecule has 0 aromatic heterocycles. The minimum Gasteiger partial charge on any atom is -0.463 e. The summed E-state index contributed by atoms with van der Waals surface area (Å²) in [6.07, 6.45) is 16.2. The van der Waals surface area contributed by atoms with Crippen LogP contribution in [0.5, 0.6) is 0 Å². The average molecular weight is 373 g/mol. The summed E-state index contributed by atoms with van der Waals surface area (Å²) >= 11 is 0. The summed E-state index contributed by atoms with van der Waals surface area (Å²) in [6.45, 7) is 1.68. The molecule has 5 heteroatoms. The smallest absolute Gasteiger partial charge is 0.305 e. The lowest BCUT2D eigenvalue weighted by atomic mass is 10.1. The average Bonchev–Trinajstić information content (AvgIpc) is 2.64. The normalized spacial score (nSPS) is 13.8. The molecule has 0 saturated carbocycles. The highest BCUT2D eigenvalue weighted by Crippen LogP contribution is 2.10. The molecular formula is C21H40O5. The lowest BCUT2D eigenvalue weighted by Crippen LogP contribution is -2.21. The Labute approximate surface area is 159 Å². The summed E-state index contributed by atoms with van der Waals surface area (Å²) in [6, 6.07) is 0. The second-order valence-electron chi connectivity index (χ2n) is 7.02. The molecule has 0 radical (unpaired) electrons. The Kier molecular flexibility index (Phi) is 18.2. The van der Waals surface area contributed by atoms with Crippen molar-refractivity contribution in [2.24, 2.45) is 0 Å². The van der Waals surface area contributed by atoms with Gasteiger partial charge in [-0.25, -0.2) is 0 Å². The van der Waals surface area contributed by atoms with Crippen LogP contribution in [0.1, 0.15) is 90.4 Å². The van der Waals surface area contributed by atoms with Crippen LogP contribution in [0.2, 0.25) is 0 Å². The number of aliphatic hydroxyl groups excluding tert-OH is 3. The van der Waals surface area contributed by atoms with Crippen molar-refractivity contribution in [3.05, 3.63) is 12.2 Å². The predicted molar refractivity (Wildman–Crippen MR) is 105 cm³/mol. The Balaban J connectivity index is 3.41. The Morgan fingerprint density at radius 1 is 0.962 bits per heavy atom. The first-order valence-corrected chi connectivity index (χ1v) is 10.4. The van der Waals surface area contributed by atoms with Crippen LogP contribution in [-0.2, 0) is 9.53 Å². The second kappa shape index (κ2) is 18.9. The van der Waals surface area contributed by atoms with Crippen molar-refractivity contribution in [2.75, 3.05) is 13.2 Å². The Morgan fingerprint density at radius 3 is 2.35 bits per heavy atom. The van der Waals surface area contributed by atoms with Gasteiger partial charge in [-0.05, 0) is 25.7 Å². The molecule has 0 fully saturated rings. The Bertz CT molecular complexity index is 343. The fourth-order valence-electron chi connectivity index (χ4n) is 2.68. The number of esters is 1. The molecule has 2 unspecified atom stereocenters. The maximum Gasteiger partial charge on any atom is 0.305 e. The van der Waals surface area contributed by atoms with Gasteiger partial charge in [0.05, 0.1) is 12.7 Å².